The molecule has 1 unspecified atom stereocenters. The molecule has 0 radical (unpaired) electrons. The van der Waals surface area contributed by atoms with E-state index in [1.54, 1.807) is 47.6 Å². The lowest BCUT2D eigenvalue weighted by molar-refractivity contribution is -0.147. The van der Waals surface area contributed by atoms with Gasteiger partial charge in [0.2, 0.25) is 0 Å². The van der Waals surface area contributed by atoms with Crippen LogP contribution in [-0.2, 0) is 19.1 Å². The highest BCUT2D eigenvalue weighted by molar-refractivity contribution is 5.72. The zero-order valence-electron chi connectivity index (χ0n) is 18.8. The lowest BCUT2D eigenvalue weighted by atomic mass is 9.60. The molecule has 6 nitrogen and oxygen atoms in total. The summed E-state index contributed by atoms with van der Waals surface area (Å²) in [5.74, 6) is -2.17. The third kappa shape index (κ3) is 5.49. The molecule has 1 saturated heterocycles. The molecule has 0 N–H and O–H groups in total. The van der Waals surface area contributed by atoms with Gasteiger partial charge in [-0.3, -0.25) is 4.79 Å². The van der Waals surface area contributed by atoms with Crippen LogP contribution in [0.15, 0.2) is 24.1 Å². The molecule has 0 saturated carbocycles. The van der Waals surface area contributed by atoms with Crippen molar-refractivity contribution in [3.63, 3.8) is 0 Å². The molecular weight excluding hydrogens is 389 g/mol. The summed E-state index contributed by atoms with van der Waals surface area (Å²) in [5.41, 5.74) is -1.50. The molecule has 0 spiro atoms. The van der Waals surface area contributed by atoms with Crippen molar-refractivity contribution in [1.82, 2.24) is 4.90 Å². The summed E-state index contributed by atoms with van der Waals surface area (Å²) in [6.45, 7) is 11.3. The number of nitrogens with zero attached hydrogens (tertiary/aromatic N) is 1. The van der Waals surface area contributed by atoms with Crippen molar-refractivity contribution >= 4 is 18.3 Å². The number of piperidine rings is 1. The number of allylic oxidation sites excluding steroid dienone is 4. The van der Waals surface area contributed by atoms with Gasteiger partial charge >= 0.3 is 12.1 Å². The van der Waals surface area contributed by atoms with Crippen LogP contribution in [0.4, 0.5) is 9.18 Å². The molecule has 1 heterocycles. The number of ether oxygens (including phenoxy) is 2. The molecule has 7 heteroatoms. The van der Waals surface area contributed by atoms with Crippen LogP contribution in [0.5, 0.6) is 0 Å². The molecule has 168 valence electrons. The van der Waals surface area contributed by atoms with Crippen molar-refractivity contribution in [1.29, 1.82) is 0 Å². The first kappa shape index (κ1) is 24.1. The van der Waals surface area contributed by atoms with Gasteiger partial charge in [-0.2, -0.15) is 0 Å². The van der Waals surface area contributed by atoms with E-state index in [1.165, 1.54) is 11.0 Å². The van der Waals surface area contributed by atoms with E-state index < -0.39 is 29.0 Å². The Kier molecular flexibility index (Phi) is 7.48. The average Bonchev–Trinajstić information content (AvgIpc) is 2.62. The number of rotatable bonds is 5. The zero-order valence-corrected chi connectivity index (χ0v) is 18.8. The van der Waals surface area contributed by atoms with Crippen molar-refractivity contribution in [3.05, 3.63) is 24.1 Å². The Hall–Kier alpha value is -2.18. The second-order valence-corrected chi connectivity index (χ2v) is 9.68. The number of amides is 1. The molecule has 0 bridgehead atoms. The van der Waals surface area contributed by atoms with E-state index in [-0.39, 0.29) is 49.7 Å². The fourth-order valence-corrected chi connectivity index (χ4v) is 4.49. The average molecular weight is 424 g/mol. The van der Waals surface area contributed by atoms with Gasteiger partial charge in [-0.25, -0.2) is 9.18 Å². The lowest BCUT2D eigenvalue weighted by Crippen LogP contribution is -2.54. The van der Waals surface area contributed by atoms with E-state index in [9.17, 15) is 18.8 Å². The number of carbonyl (C=O) groups is 3. The van der Waals surface area contributed by atoms with Crippen LogP contribution in [0.3, 0.4) is 0 Å². The Labute approximate surface area is 178 Å². The van der Waals surface area contributed by atoms with Crippen LogP contribution in [0, 0.1) is 29.1 Å². The molecule has 2 rings (SSSR count). The third-order valence-electron chi connectivity index (χ3n) is 5.91. The van der Waals surface area contributed by atoms with Crippen LogP contribution in [0.2, 0.25) is 0 Å². The van der Waals surface area contributed by atoms with Gasteiger partial charge in [0.25, 0.3) is 0 Å². The fraction of sp³-hybridized carbons (Fsp3) is 0.696. The van der Waals surface area contributed by atoms with Gasteiger partial charge in [0.15, 0.2) is 0 Å². The van der Waals surface area contributed by atoms with Crippen molar-refractivity contribution < 1.29 is 28.2 Å². The number of esters is 1. The molecule has 1 aliphatic heterocycles. The normalized spacial score (nSPS) is 28.5. The van der Waals surface area contributed by atoms with E-state index in [0.717, 1.165) is 6.29 Å². The predicted octanol–water partition coefficient (Wildman–Crippen LogP) is 4.30. The summed E-state index contributed by atoms with van der Waals surface area (Å²) in [4.78, 5) is 38.6. The maximum Gasteiger partial charge on any atom is 0.410 e. The smallest absolute Gasteiger partial charge is 0.410 e. The summed E-state index contributed by atoms with van der Waals surface area (Å²) in [5, 5.41) is 0. The standard InChI is InChI=1S/C23H34FNO5/c1-7-29-19(27)11-15-12-25(21(28)30-22(2,3)4)13-16(14-26)20(15)17-9-8-10-18(24)23(17,5)6/h8-10,14-17,20H,7,11-13H2,1-6H3/t15-,16-,17?,20+/m0/s1. The highest BCUT2D eigenvalue weighted by Gasteiger charge is 2.49. The predicted molar refractivity (Wildman–Crippen MR) is 111 cm³/mol. The van der Waals surface area contributed by atoms with E-state index in [0.29, 0.717) is 0 Å². The molecule has 30 heavy (non-hydrogen) atoms. The molecule has 4 atom stereocenters. The van der Waals surface area contributed by atoms with Crippen molar-refractivity contribution in [2.45, 2.75) is 53.6 Å². The molecule has 0 aromatic heterocycles. The van der Waals surface area contributed by atoms with E-state index in [4.69, 9.17) is 9.47 Å². The topological polar surface area (TPSA) is 72.9 Å². The third-order valence-corrected chi connectivity index (χ3v) is 5.91. The maximum absolute atomic E-state index is 14.6. The summed E-state index contributed by atoms with van der Waals surface area (Å²) in [6, 6.07) is 0. The Morgan fingerprint density at radius 2 is 1.97 bits per heavy atom. The van der Waals surface area contributed by atoms with E-state index >= 15 is 0 Å². The van der Waals surface area contributed by atoms with Gasteiger partial charge in [0.1, 0.15) is 17.7 Å². The highest BCUT2D eigenvalue weighted by atomic mass is 19.1. The first-order valence-corrected chi connectivity index (χ1v) is 10.5. The Bertz CT molecular complexity index is 722. The number of hydrogen-bond donors (Lipinski definition) is 0. The van der Waals surface area contributed by atoms with Crippen LogP contribution in [0.25, 0.3) is 0 Å². The van der Waals surface area contributed by atoms with Crippen LogP contribution >= 0.6 is 0 Å². The summed E-state index contributed by atoms with van der Waals surface area (Å²) in [7, 11) is 0. The Balaban J connectivity index is 2.37. The van der Waals surface area contributed by atoms with Crippen molar-refractivity contribution in [2.24, 2.45) is 29.1 Å². The zero-order chi connectivity index (χ0) is 22.7. The maximum atomic E-state index is 14.6. The van der Waals surface area contributed by atoms with Gasteiger partial charge in [-0.05, 0) is 51.5 Å². The first-order valence-electron chi connectivity index (χ1n) is 10.5. The Morgan fingerprint density at radius 1 is 1.30 bits per heavy atom. The number of aldehydes is 1. The van der Waals surface area contributed by atoms with Gasteiger partial charge in [0, 0.05) is 24.4 Å². The van der Waals surface area contributed by atoms with Gasteiger partial charge in [0.05, 0.1) is 13.0 Å². The second kappa shape index (κ2) is 9.31. The highest BCUT2D eigenvalue weighted by Crippen LogP contribution is 2.49. The van der Waals surface area contributed by atoms with Crippen LogP contribution in [0.1, 0.15) is 48.0 Å². The van der Waals surface area contributed by atoms with Gasteiger partial charge in [-0.1, -0.05) is 26.0 Å². The fourth-order valence-electron chi connectivity index (χ4n) is 4.49. The summed E-state index contributed by atoms with van der Waals surface area (Å²) >= 11 is 0. The molecule has 0 aromatic rings. The SMILES string of the molecule is CCOC(=O)C[C@H]1CN(C(=O)OC(C)(C)C)C[C@@H](C=O)[C@@H]1C1C=CC=C(F)C1(C)C. The van der Waals surface area contributed by atoms with Crippen molar-refractivity contribution in [3.8, 4) is 0 Å². The second-order valence-electron chi connectivity index (χ2n) is 9.68. The van der Waals surface area contributed by atoms with Crippen molar-refractivity contribution in [2.75, 3.05) is 19.7 Å². The quantitative estimate of drug-likeness (QED) is 0.487. The largest absolute Gasteiger partial charge is 0.466 e. The van der Waals surface area contributed by atoms with E-state index in [1.807, 2.05) is 6.08 Å². The van der Waals surface area contributed by atoms with E-state index in [2.05, 4.69) is 0 Å². The number of halogens is 1. The summed E-state index contributed by atoms with van der Waals surface area (Å²) in [6.07, 6.45) is 5.35. The molecule has 1 fully saturated rings. The van der Waals surface area contributed by atoms with Crippen LogP contribution < -0.4 is 0 Å². The molecule has 0 aromatic carbocycles. The monoisotopic (exact) mass is 423 g/mol. The minimum Gasteiger partial charge on any atom is -0.466 e. The minimum absolute atomic E-state index is 0.0495. The minimum atomic E-state index is -0.818. The van der Waals surface area contributed by atoms with Crippen LogP contribution in [-0.4, -0.2) is 48.5 Å². The first-order chi connectivity index (χ1) is 13.9. The molecule has 1 aliphatic carbocycles. The number of likely N-dealkylation sites (tertiary alicyclic amines) is 1. The summed E-state index contributed by atoms with van der Waals surface area (Å²) < 4.78 is 25.3. The molecular formula is C23H34FNO5. The van der Waals surface area contributed by atoms with Gasteiger partial charge in [-0.15, -0.1) is 0 Å². The lowest BCUT2D eigenvalue weighted by Gasteiger charge is -2.48. The number of carbonyl (C=O) groups excluding carboxylic acids is 3. The Morgan fingerprint density at radius 3 is 2.53 bits per heavy atom. The molecule has 1 amide bonds. The molecule has 2 aliphatic rings. The van der Waals surface area contributed by atoms with Gasteiger partial charge < -0.3 is 19.2 Å². The number of hydrogen-bond acceptors (Lipinski definition) is 5.